The van der Waals surface area contributed by atoms with Crippen molar-refractivity contribution in [3.8, 4) is 11.3 Å². The number of ether oxygens (including phenoxy) is 1. The van der Waals surface area contributed by atoms with Gasteiger partial charge in [-0.1, -0.05) is 31.5 Å². The number of benzene rings is 1. The summed E-state index contributed by atoms with van der Waals surface area (Å²) < 4.78 is 5.53. The molecule has 0 amide bonds. The van der Waals surface area contributed by atoms with E-state index in [-0.39, 0.29) is 8.41 Å². The van der Waals surface area contributed by atoms with E-state index < -0.39 is 0 Å². The fraction of sp³-hybridized carbons (Fsp3) is 0.500. The average Bonchev–Trinajstić information content (AvgIpc) is 2.58. The summed E-state index contributed by atoms with van der Waals surface area (Å²) in [6.45, 7) is 14.8. The number of rotatable bonds is 2. The first-order valence-corrected chi connectivity index (χ1v) is 8.82. The van der Waals surface area contributed by atoms with Crippen molar-refractivity contribution in [2.24, 2.45) is 0 Å². The van der Waals surface area contributed by atoms with E-state index in [0.717, 1.165) is 37.1 Å². The number of morpholine rings is 1. The number of hydrogen-bond acceptors (Lipinski definition) is 4. The van der Waals surface area contributed by atoms with E-state index in [2.05, 4.69) is 59.9 Å². The fourth-order valence-electron chi connectivity index (χ4n) is 2.92. The van der Waals surface area contributed by atoms with Gasteiger partial charge >= 0.3 is 0 Å². The van der Waals surface area contributed by atoms with Gasteiger partial charge in [-0.25, -0.2) is 9.97 Å². The van der Waals surface area contributed by atoms with Crippen LogP contribution in [0.2, 0.25) is 0 Å². The maximum Gasteiger partial charge on any atom is 0.133 e. The number of hydrogen-bond donors (Lipinski definition) is 0. The van der Waals surface area contributed by atoms with E-state index in [9.17, 15) is 0 Å². The molecule has 1 atom stereocenters. The first-order valence-electron chi connectivity index (χ1n) is 8.82. The Kier molecular flexibility index (Phi) is 8.10. The second kappa shape index (κ2) is 9.57. The zero-order valence-corrected chi connectivity index (χ0v) is 16.3. The van der Waals surface area contributed by atoms with Crippen LogP contribution < -0.4 is 4.90 Å². The average molecular weight is 338 g/mol. The lowest BCUT2D eigenvalue weighted by Crippen LogP contribution is -2.44. The molecule has 1 aromatic carbocycles. The summed E-state index contributed by atoms with van der Waals surface area (Å²) in [6, 6.07) is 8.94. The largest absolute Gasteiger partial charge is 0.377 e. The van der Waals surface area contributed by atoms with E-state index in [1.165, 1.54) is 16.7 Å². The van der Waals surface area contributed by atoms with Crippen molar-refractivity contribution in [2.75, 3.05) is 24.7 Å². The molecule has 1 aliphatic heterocycles. The molecule has 1 fully saturated rings. The van der Waals surface area contributed by atoms with Gasteiger partial charge in [0.2, 0.25) is 0 Å². The molecule has 0 unspecified atom stereocenters. The predicted octanol–water partition coefficient (Wildman–Crippen LogP) is 3.94. The van der Waals surface area contributed by atoms with Crippen LogP contribution in [0.25, 0.3) is 11.3 Å². The second-order valence-electron chi connectivity index (χ2n) is 6.09. The molecule has 3 rings (SSSR count). The summed E-state index contributed by atoms with van der Waals surface area (Å²) in [7, 11) is 0. The van der Waals surface area contributed by atoms with Crippen LogP contribution in [0.3, 0.4) is 0 Å². The minimum Gasteiger partial charge on any atom is -0.377 e. The monoisotopic (exact) mass is 338 g/mol. The lowest BCUT2D eigenvalue weighted by atomic mass is 10.0. The number of aromatic nitrogens is 2. The molecule has 5 heteroatoms. The van der Waals surface area contributed by atoms with Crippen molar-refractivity contribution in [3.05, 3.63) is 41.2 Å². The molecule has 0 aliphatic carbocycles. The third-order valence-corrected chi connectivity index (χ3v) is 4.16. The highest BCUT2D eigenvalue weighted by atomic mass is 16.5. The quantitative estimate of drug-likeness (QED) is 0.778. The number of anilines is 1. The minimum atomic E-state index is 0. The Bertz CT molecular complexity index is 691. The van der Waals surface area contributed by atoms with E-state index in [4.69, 9.17) is 4.74 Å². The van der Waals surface area contributed by atoms with Gasteiger partial charge in [0.25, 0.3) is 0 Å². The van der Waals surface area contributed by atoms with Gasteiger partial charge < -0.3 is 9.64 Å². The maximum absolute atomic E-state index is 5.53. The highest BCUT2D eigenvalue weighted by Gasteiger charge is 2.21. The van der Waals surface area contributed by atoms with Gasteiger partial charge in [0.1, 0.15) is 11.6 Å². The Morgan fingerprint density at radius 3 is 2.48 bits per heavy atom. The zero-order chi connectivity index (χ0) is 17.7. The van der Waals surface area contributed by atoms with E-state index in [1.807, 2.05) is 20.8 Å². The highest BCUT2D eigenvalue weighted by Crippen LogP contribution is 2.27. The lowest BCUT2D eigenvalue weighted by Gasteiger charge is -2.34. The van der Waals surface area contributed by atoms with Gasteiger partial charge in [-0.05, 0) is 39.3 Å². The van der Waals surface area contributed by atoms with Crippen LogP contribution in [0, 0.1) is 20.8 Å². The van der Waals surface area contributed by atoms with Crippen LogP contribution in [0.5, 0.6) is 0 Å². The third kappa shape index (κ3) is 5.05. The second-order valence-corrected chi connectivity index (χ2v) is 6.09. The van der Waals surface area contributed by atoms with Crippen molar-refractivity contribution < 1.29 is 4.74 Å². The van der Waals surface area contributed by atoms with Gasteiger partial charge in [0.05, 0.1) is 24.9 Å². The Hall–Kier alpha value is -1.88. The van der Waals surface area contributed by atoms with Gasteiger partial charge in [-0.3, -0.25) is 0 Å². The molecule has 4 nitrogen and oxygen atoms in total. The molecule has 1 saturated heterocycles. The zero-order valence-electron chi connectivity index (χ0n) is 16.3. The Morgan fingerprint density at radius 1 is 1.08 bits per heavy atom. The molecule has 3 radical (unpaired) electrons. The molecule has 1 aliphatic rings. The normalized spacial score (nSPS) is 16.6. The Morgan fingerprint density at radius 2 is 1.80 bits per heavy atom. The standard InChI is InChI=1S/C18H23N3O.C2H6.B/c1-12-5-6-13(2)16(9-12)17-10-18(20-15(4)19-17)21-7-8-22-11-14(21)3;1-2;/h5-6,9-10,14H,7-8,11H2,1-4H3;1-2H3;/t14-;;/m1../s1. The van der Waals surface area contributed by atoms with Crippen molar-refractivity contribution >= 4 is 14.2 Å². The van der Waals surface area contributed by atoms with Gasteiger partial charge in [-0.2, -0.15) is 0 Å². The summed E-state index contributed by atoms with van der Waals surface area (Å²) in [5, 5.41) is 0. The van der Waals surface area contributed by atoms with Crippen molar-refractivity contribution in [1.82, 2.24) is 9.97 Å². The first kappa shape index (κ1) is 21.2. The molecule has 133 valence electrons. The summed E-state index contributed by atoms with van der Waals surface area (Å²) in [4.78, 5) is 11.6. The summed E-state index contributed by atoms with van der Waals surface area (Å²) in [5.74, 6) is 1.81. The minimum absolute atomic E-state index is 0. The summed E-state index contributed by atoms with van der Waals surface area (Å²) >= 11 is 0. The van der Waals surface area contributed by atoms with E-state index in [0.29, 0.717) is 6.04 Å². The van der Waals surface area contributed by atoms with E-state index >= 15 is 0 Å². The molecule has 1 aromatic heterocycles. The molecule has 0 bridgehead atoms. The molecular formula is C20H29BN3O. The van der Waals surface area contributed by atoms with E-state index in [1.54, 1.807) is 0 Å². The van der Waals surface area contributed by atoms with Crippen LogP contribution >= 0.6 is 0 Å². The van der Waals surface area contributed by atoms with Crippen LogP contribution in [-0.2, 0) is 4.74 Å². The Balaban J connectivity index is 0.00000101. The number of aryl methyl sites for hydroxylation is 3. The summed E-state index contributed by atoms with van der Waals surface area (Å²) in [6.07, 6.45) is 0. The van der Waals surface area contributed by atoms with Crippen LogP contribution in [-0.4, -0.2) is 44.2 Å². The van der Waals surface area contributed by atoms with Crippen LogP contribution in [0.4, 0.5) is 5.82 Å². The topological polar surface area (TPSA) is 38.2 Å². The molecule has 2 aromatic rings. The van der Waals surface area contributed by atoms with Gasteiger partial charge in [-0.15, -0.1) is 0 Å². The third-order valence-electron chi connectivity index (χ3n) is 4.16. The molecular weight excluding hydrogens is 309 g/mol. The SMILES string of the molecule is CC.Cc1ccc(C)c(-c2cc(N3CCOC[C@H]3C)nc(C)n2)c1.[B]. The summed E-state index contributed by atoms with van der Waals surface area (Å²) in [5.41, 5.74) is 4.68. The van der Waals surface area contributed by atoms with Crippen LogP contribution in [0.15, 0.2) is 24.3 Å². The van der Waals surface area contributed by atoms with Gasteiger partial charge in [0, 0.05) is 26.6 Å². The molecule has 0 N–H and O–H groups in total. The fourth-order valence-corrected chi connectivity index (χ4v) is 2.92. The predicted molar refractivity (Wildman–Crippen MR) is 106 cm³/mol. The molecule has 0 saturated carbocycles. The number of nitrogens with zero attached hydrogens (tertiary/aromatic N) is 3. The van der Waals surface area contributed by atoms with Crippen LogP contribution in [0.1, 0.15) is 37.7 Å². The highest BCUT2D eigenvalue weighted by molar-refractivity contribution is 5.75. The smallest absolute Gasteiger partial charge is 0.133 e. The molecule has 2 heterocycles. The van der Waals surface area contributed by atoms with Crippen molar-refractivity contribution in [2.45, 2.75) is 47.6 Å². The van der Waals surface area contributed by atoms with Gasteiger partial charge in [0.15, 0.2) is 0 Å². The first-order chi connectivity index (χ1) is 11.5. The maximum atomic E-state index is 5.53. The van der Waals surface area contributed by atoms with Crippen molar-refractivity contribution in [3.63, 3.8) is 0 Å². The lowest BCUT2D eigenvalue weighted by molar-refractivity contribution is 0.0985. The molecule has 25 heavy (non-hydrogen) atoms. The Labute approximate surface area is 154 Å². The van der Waals surface area contributed by atoms with Crippen molar-refractivity contribution in [1.29, 1.82) is 0 Å². The molecule has 0 spiro atoms.